The molecule has 96 valence electrons. The predicted molar refractivity (Wildman–Crippen MR) is 70.4 cm³/mol. The number of nitriles is 1. The molecule has 4 nitrogen and oxygen atoms in total. The van der Waals surface area contributed by atoms with Crippen LogP contribution < -0.4 is 10.1 Å². The molecule has 0 aliphatic carbocycles. The Kier molecular flexibility index (Phi) is 3.85. The maximum absolute atomic E-state index is 9.60. The molecule has 1 heterocycles. The van der Waals surface area contributed by atoms with Crippen LogP contribution in [0.3, 0.4) is 0 Å². The number of nitrogens with zero attached hydrogens (tertiary/aromatic N) is 2. The van der Waals surface area contributed by atoms with E-state index in [1.807, 2.05) is 31.2 Å². The molecule has 1 atom stereocenters. The number of benzene rings is 1. The highest BCUT2D eigenvalue weighted by Crippen LogP contribution is 2.30. The molecule has 2 rings (SSSR count). The van der Waals surface area contributed by atoms with E-state index in [1.54, 1.807) is 7.11 Å². The number of piperazine rings is 1. The molecule has 1 fully saturated rings. The fourth-order valence-electron chi connectivity index (χ4n) is 2.36. The normalized spacial score (nSPS) is 19.8. The highest BCUT2D eigenvalue weighted by Gasteiger charge is 2.34. The molecule has 1 aliphatic heterocycles. The van der Waals surface area contributed by atoms with Crippen molar-refractivity contribution in [2.24, 2.45) is 0 Å². The van der Waals surface area contributed by atoms with E-state index >= 15 is 0 Å². The van der Waals surface area contributed by atoms with Crippen LogP contribution in [0.15, 0.2) is 24.3 Å². The van der Waals surface area contributed by atoms with Gasteiger partial charge in [-0.25, -0.2) is 0 Å². The first kappa shape index (κ1) is 12.9. The fraction of sp³-hybridized carbons (Fsp3) is 0.500. The zero-order valence-electron chi connectivity index (χ0n) is 10.9. The zero-order chi connectivity index (χ0) is 13.0. The van der Waals surface area contributed by atoms with Gasteiger partial charge in [0.15, 0.2) is 0 Å². The second-order valence-electron chi connectivity index (χ2n) is 4.65. The molecule has 1 N–H and O–H groups in total. The Morgan fingerprint density at radius 1 is 1.39 bits per heavy atom. The van der Waals surface area contributed by atoms with E-state index < -0.39 is 5.54 Å². The smallest absolute Gasteiger partial charge is 0.132 e. The molecule has 0 radical (unpaired) electrons. The van der Waals surface area contributed by atoms with Crippen molar-refractivity contribution in [2.45, 2.75) is 12.5 Å². The average molecular weight is 245 g/mol. The van der Waals surface area contributed by atoms with Crippen LogP contribution in [0.2, 0.25) is 0 Å². The largest absolute Gasteiger partial charge is 0.497 e. The van der Waals surface area contributed by atoms with Crippen molar-refractivity contribution in [3.8, 4) is 11.8 Å². The highest BCUT2D eigenvalue weighted by molar-refractivity contribution is 5.37. The minimum absolute atomic E-state index is 0.587. The molecule has 1 saturated heterocycles. The second-order valence-corrected chi connectivity index (χ2v) is 4.65. The van der Waals surface area contributed by atoms with Gasteiger partial charge in [0.2, 0.25) is 0 Å². The molecule has 1 unspecified atom stereocenters. The van der Waals surface area contributed by atoms with Crippen molar-refractivity contribution in [3.05, 3.63) is 29.8 Å². The number of nitrogens with one attached hydrogen (secondary N) is 1. The molecular weight excluding hydrogens is 226 g/mol. The average Bonchev–Trinajstić information content (AvgIpc) is 2.47. The van der Waals surface area contributed by atoms with Crippen LogP contribution in [-0.2, 0) is 5.54 Å². The van der Waals surface area contributed by atoms with Crippen molar-refractivity contribution < 1.29 is 4.74 Å². The van der Waals surface area contributed by atoms with Crippen LogP contribution >= 0.6 is 0 Å². The summed E-state index contributed by atoms with van der Waals surface area (Å²) in [4.78, 5) is 2.22. The van der Waals surface area contributed by atoms with Crippen LogP contribution in [0, 0.1) is 11.3 Å². The third-order valence-corrected chi connectivity index (χ3v) is 3.60. The fourth-order valence-corrected chi connectivity index (χ4v) is 2.36. The topological polar surface area (TPSA) is 48.3 Å². The molecular formula is C14H19N3O. The summed E-state index contributed by atoms with van der Waals surface area (Å²) in [6, 6.07) is 10.2. The molecule has 0 bridgehead atoms. The SMILES string of the molecule is COc1cccc(C(C)(C#N)N2CCNCC2)c1. The standard InChI is InChI=1S/C14H19N3O/c1-14(11-15,17-8-6-16-7-9-17)12-4-3-5-13(10-12)18-2/h3-5,10,16H,6-9H2,1-2H3. The number of ether oxygens (including phenoxy) is 1. The van der Waals surface area contributed by atoms with Crippen LogP contribution in [-0.4, -0.2) is 38.2 Å². The first-order chi connectivity index (χ1) is 8.70. The van der Waals surface area contributed by atoms with E-state index in [0.29, 0.717) is 0 Å². The van der Waals surface area contributed by atoms with Gasteiger partial charge in [0, 0.05) is 26.2 Å². The van der Waals surface area contributed by atoms with Crippen molar-refractivity contribution in [1.29, 1.82) is 5.26 Å². The molecule has 0 saturated carbocycles. The Morgan fingerprint density at radius 2 is 2.11 bits per heavy atom. The van der Waals surface area contributed by atoms with E-state index in [0.717, 1.165) is 37.5 Å². The van der Waals surface area contributed by atoms with E-state index in [2.05, 4.69) is 16.3 Å². The van der Waals surface area contributed by atoms with Crippen molar-refractivity contribution in [2.75, 3.05) is 33.3 Å². The van der Waals surface area contributed by atoms with Gasteiger partial charge >= 0.3 is 0 Å². The summed E-state index contributed by atoms with van der Waals surface area (Å²) in [6.07, 6.45) is 0. The Bertz CT molecular complexity index is 449. The maximum Gasteiger partial charge on any atom is 0.132 e. The van der Waals surface area contributed by atoms with Crippen LogP contribution in [0.4, 0.5) is 0 Å². The highest BCUT2D eigenvalue weighted by atomic mass is 16.5. The summed E-state index contributed by atoms with van der Waals surface area (Å²) in [5.74, 6) is 0.795. The molecule has 0 spiro atoms. The molecule has 0 aromatic heterocycles. The number of methoxy groups -OCH3 is 1. The van der Waals surface area contributed by atoms with Crippen LogP contribution in [0.1, 0.15) is 12.5 Å². The number of rotatable bonds is 3. The van der Waals surface area contributed by atoms with Crippen molar-refractivity contribution in [1.82, 2.24) is 10.2 Å². The summed E-state index contributed by atoms with van der Waals surface area (Å²) in [6.45, 7) is 5.62. The lowest BCUT2D eigenvalue weighted by molar-refractivity contribution is 0.132. The monoisotopic (exact) mass is 245 g/mol. The maximum atomic E-state index is 9.60. The van der Waals surface area contributed by atoms with Gasteiger partial charge < -0.3 is 10.1 Å². The Hall–Kier alpha value is -1.57. The van der Waals surface area contributed by atoms with Crippen LogP contribution in [0.25, 0.3) is 0 Å². The lowest BCUT2D eigenvalue weighted by Gasteiger charge is -2.39. The second kappa shape index (κ2) is 5.38. The van der Waals surface area contributed by atoms with E-state index in [4.69, 9.17) is 4.74 Å². The first-order valence-electron chi connectivity index (χ1n) is 6.22. The van der Waals surface area contributed by atoms with Gasteiger partial charge in [0.25, 0.3) is 0 Å². The molecule has 18 heavy (non-hydrogen) atoms. The molecule has 1 aliphatic rings. The van der Waals surface area contributed by atoms with Crippen molar-refractivity contribution >= 4 is 0 Å². The Morgan fingerprint density at radius 3 is 2.72 bits per heavy atom. The van der Waals surface area contributed by atoms with Gasteiger partial charge in [-0.2, -0.15) is 5.26 Å². The third-order valence-electron chi connectivity index (χ3n) is 3.60. The van der Waals surface area contributed by atoms with Gasteiger partial charge in [-0.05, 0) is 24.6 Å². The van der Waals surface area contributed by atoms with Gasteiger partial charge in [-0.3, -0.25) is 4.90 Å². The predicted octanol–water partition coefficient (Wildman–Crippen LogP) is 1.34. The summed E-state index contributed by atoms with van der Waals surface area (Å²) in [5.41, 5.74) is 0.405. The summed E-state index contributed by atoms with van der Waals surface area (Å²) in [5, 5.41) is 12.9. The van der Waals surface area contributed by atoms with E-state index in [-0.39, 0.29) is 0 Å². The van der Waals surface area contributed by atoms with E-state index in [9.17, 15) is 5.26 Å². The molecule has 0 amide bonds. The van der Waals surface area contributed by atoms with Gasteiger partial charge in [0.05, 0.1) is 13.2 Å². The summed E-state index contributed by atoms with van der Waals surface area (Å²) in [7, 11) is 1.65. The number of hydrogen-bond donors (Lipinski definition) is 1. The number of hydrogen-bond acceptors (Lipinski definition) is 4. The molecule has 1 aromatic carbocycles. The third kappa shape index (κ3) is 2.33. The quantitative estimate of drug-likeness (QED) is 0.873. The summed E-state index contributed by atoms with van der Waals surface area (Å²) >= 11 is 0. The van der Waals surface area contributed by atoms with Gasteiger partial charge in [-0.1, -0.05) is 12.1 Å². The first-order valence-corrected chi connectivity index (χ1v) is 6.22. The van der Waals surface area contributed by atoms with Gasteiger partial charge in [-0.15, -0.1) is 0 Å². The Balaban J connectivity index is 2.33. The van der Waals surface area contributed by atoms with E-state index in [1.165, 1.54) is 0 Å². The van der Waals surface area contributed by atoms with Gasteiger partial charge in [0.1, 0.15) is 11.3 Å². The summed E-state index contributed by atoms with van der Waals surface area (Å²) < 4.78 is 5.24. The molecule has 4 heteroatoms. The van der Waals surface area contributed by atoms with Crippen LogP contribution in [0.5, 0.6) is 5.75 Å². The Labute approximate surface area is 108 Å². The zero-order valence-corrected chi connectivity index (χ0v) is 10.9. The minimum atomic E-state index is -0.587. The molecule has 1 aromatic rings. The van der Waals surface area contributed by atoms with Crippen molar-refractivity contribution in [3.63, 3.8) is 0 Å². The lowest BCUT2D eigenvalue weighted by atomic mass is 9.90. The lowest BCUT2D eigenvalue weighted by Crippen LogP contribution is -2.52. The minimum Gasteiger partial charge on any atom is -0.497 e.